The quantitative estimate of drug-likeness (QED) is 0.534. The third-order valence-corrected chi connectivity index (χ3v) is 6.17. The lowest BCUT2D eigenvalue weighted by Crippen LogP contribution is -2.46. The van der Waals surface area contributed by atoms with Crippen LogP contribution >= 0.6 is 0 Å². The molecule has 0 bridgehead atoms. The summed E-state index contributed by atoms with van der Waals surface area (Å²) in [5.41, 5.74) is 1.25. The van der Waals surface area contributed by atoms with E-state index in [4.69, 9.17) is 4.74 Å². The number of aryl methyl sites for hydroxylation is 1. The molecule has 1 aromatic heterocycles. The zero-order valence-corrected chi connectivity index (χ0v) is 20.0. The van der Waals surface area contributed by atoms with Crippen molar-refractivity contribution in [2.75, 3.05) is 6.61 Å². The molecule has 1 aliphatic rings. The maximum Gasteiger partial charge on any atom is 0.338 e. The van der Waals surface area contributed by atoms with Gasteiger partial charge in [0.05, 0.1) is 16.5 Å². The van der Waals surface area contributed by atoms with Crippen LogP contribution in [0.25, 0.3) is 10.9 Å². The Balaban J connectivity index is 1.50. The van der Waals surface area contributed by atoms with E-state index in [2.05, 4.69) is 4.98 Å². The third kappa shape index (κ3) is 5.19. The summed E-state index contributed by atoms with van der Waals surface area (Å²) in [6, 6.07) is 14.5. The number of ether oxygens (including phenoxy) is 1. The number of aromatic nitrogens is 2. The maximum atomic E-state index is 13.0. The van der Waals surface area contributed by atoms with E-state index >= 15 is 0 Å². The largest absolute Gasteiger partial charge is 0.452 e. The number of nitrogens with zero attached hydrogens (tertiary/aromatic N) is 3. The van der Waals surface area contributed by atoms with E-state index in [1.165, 1.54) is 0 Å². The van der Waals surface area contributed by atoms with Crippen molar-refractivity contribution >= 4 is 22.8 Å². The van der Waals surface area contributed by atoms with Gasteiger partial charge in [-0.25, -0.2) is 9.78 Å². The molecule has 0 saturated heterocycles. The number of hydrogen-bond acceptors (Lipinski definition) is 5. The lowest BCUT2D eigenvalue weighted by Gasteiger charge is -2.35. The summed E-state index contributed by atoms with van der Waals surface area (Å²) in [6.45, 7) is 6.59. The Labute approximate surface area is 199 Å². The highest BCUT2D eigenvalue weighted by Crippen LogP contribution is 2.19. The fourth-order valence-electron chi connectivity index (χ4n) is 4.30. The van der Waals surface area contributed by atoms with Crippen molar-refractivity contribution in [1.82, 2.24) is 14.5 Å². The number of rotatable bonds is 5. The molecule has 0 unspecified atom stereocenters. The van der Waals surface area contributed by atoms with Gasteiger partial charge in [-0.1, -0.05) is 36.8 Å². The Morgan fingerprint density at radius 2 is 1.82 bits per heavy atom. The van der Waals surface area contributed by atoms with Crippen molar-refractivity contribution in [3.8, 4) is 0 Å². The van der Waals surface area contributed by atoms with Crippen LogP contribution in [-0.4, -0.2) is 38.5 Å². The van der Waals surface area contributed by atoms with Gasteiger partial charge in [-0.3, -0.25) is 14.2 Å². The van der Waals surface area contributed by atoms with Crippen LogP contribution in [0, 0.1) is 0 Å². The molecule has 2 heterocycles. The molecule has 1 amide bonds. The second-order valence-corrected chi connectivity index (χ2v) is 9.74. The maximum absolute atomic E-state index is 13.0. The van der Waals surface area contributed by atoms with Gasteiger partial charge in [0.1, 0.15) is 5.82 Å². The number of carbonyl (C=O) groups excluding carboxylic acids is 2. The minimum Gasteiger partial charge on any atom is -0.452 e. The van der Waals surface area contributed by atoms with E-state index in [-0.39, 0.29) is 23.6 Å². The van der Waals surface area contributed by atoms with Crippen LogP contribution in [0.3, 0.4) is 0 Å². The monoisotopic (exact) mass is 461 g/mol. The molecular weight excluding hydrogens is 430 g/mol. The summed E-state index contributed by atoms with van der Waals surface area (Å²) in [4.78, 5) is 45.0. The van der Waals surface area contributed by atoms with Gasteiger partial charge in [-0.15, -0.1) is 0 Å². The molecule has 0 fully saturated rings. The van der Waals surface area contributed by atoms with Gasteiger partial charge in [0.15, 0.2) is 6.61 Å². The number of carbonyl (C=O) groups is 2. The molecule has 34 heavy (non-hydrogen) atoms. The Hall–Kier alpha value is -3.48. The third-order valence-electron chi connectivity index (χ3n) is 6.17. The molecule has 4 rings (SSSR count). The first-order chi connectivity index (χ1) is 16.2. The van der Waals surface area contributed by atoms with Crippen LogP contribution in [0.5, 0.6) is 0 Å². The minimum atomic E-state index is -0.610. The number of benzene rings is 2. The highest BCUT2D eigenvalue weighted by Gasteiger charge is 2.27. The average molecular weight is 462 g/mol. The predicted molar refractivity (Wildman–Crippen MR) is 131 cm³/mol. The Morgan fingerprint density at radius 3 is 2.56 bits per heavy atom. The first kappa shape index (κ1) is 23.7. The first-order valence-electron chi connectivity index (χ1n) is 11.8. The molecule has 0 atom stereocenters. The first-order valence-corrected chi connectivity index (χ1v) is 11.8. The van der Waals surface area contributed by atoms with Crippen molar-refractivity contribution in [3.05, 3.63) is 75.8 Å². The Kier molecular flexibility index (Phi) is 6.82. The Bertz CT molecular complexity index is 1260. The fourth-order valence-corrected chi connectivity index (χ4v) is 4.30. The van der Waals surface area contributed by atoms with E-state index < -0.39 is 11.5 Å². The van der Waals surface area contributed by atoms with Crippen LogP contribution in [0.4, 0.5) is 0 Å². The van der Waals surface area contributed by atoms with E-state index in [9.17, 15) is 14.4 Å². The lowest BCUT2D eigenvalue weighted by atomic mass is 10.0. The molecule has 0 saturated carbocycles. The molecule has 0 aliphatic carbocycles. The van der Waals surface area contributed by atoms with Gasteiger partial charge in [0.25, 0.3) is 11.5 Å². The number of fused-ring (bicyclic) bond motifs is 2. The molecule has 0 radical (unpaired) electrons. The molecule has 2 aromatic carbocycles. The molecule has 1 aliphatic heterocycles. The molecule has 0 N–H and O–H groups in total. The van der Waals surface area contributed by atoms with Gasteiger partial charge >= 0.3 is 5.97 Å². The summed E-state index contributed by atoms with van der Waals surface area (Å²) in [6.07, 6.45) is 3.78. The van der Waals surface area contributed by atoms with E-state index in [1.807, 2.05) is 51.1 Å². The number of amides is 1. The van der Waals surface area contributed by atoms with Gasteiger partial charge in [-0.05, 0) is 57.4 Å². The smallest absolute Gasteiger partial charge is 0.338 e. The van der Waals surface area contributed by atoms with Gasteiger partial charge < -0.3 is 9.64 Å². The highest BCUT2D eigenvalue weighted by atomic mass is 16.5. The minimum absolute atomic E-state index is 0.0706. The van der Waals surface area contributed by atoms with Crippen LogP contribution in [0.2, 0.25) is 0 Å². The zero-order valence-electron chi connectivity index (χ0n) is 20.0. The van der Waals surface area contributed by atoms with Crippen molar-refractivity contribution in [3.63, 3.8) is 0 Å². The van der Waals surface area contributed by atoms with Gasteiger partial charge in [0.2, 0.25) is 0 Å². The fraction of sp³-hybridized carbons (Fsp3) is 0.407. The van der Waals surface area contributed by atoms with Crippen LogP contribution in [0.15, 0.2) is 53.3 Å². The topological polar surface area (TPSA) is 81.5 Å². The van der Waals surface area contributed by atoms with E-state index in [1.54, 1.807) is 27.7 Å². The number of hydrogen-bond donors (Lipinski definition) is 0. The molecule has 178 valence electrons. The number of esters is 1. The van der Waals surface area contributed by atoms with Gasteiger partial charge in [0, 0.05) is 25.0 Å². The Morgan fingerprint density at radius 1 is 1.06 bits per heavy atom. The van der Waals surface area contributed by atoms with Crippen LogP contribution < -0.4 is 5.56 Å². The zero-order chi connectivity index (χ0) is 24.3. The van der Waals surface area contributed by atoms with E-state index in [0.717, 1.165) is 37.1 Å². The summed E-state index contributed by atoms with van der Waals surface area (Å²) < 4.78 is 7.12. The normalized spacial score (nSPS) is 13.7. The molecule has 3 aromatic rings. The van der Waals surface area contributed by atoms with E-state index in [0.29, 0.717) is 24.0 Å². The molecular formula is C27H31N3O4. The van der Waals surface area contributed by atoms with Crippen molar-refractivity contribution < 1.29 is 14.3 Å². The average Bonchev–Trinajstić information content (AvgIpc) is 3.06. The summed E-state index contributed by atoms with van der Waals surface area (Å²) >= 11 is 0. The summed E-state index contributed by atoms with van der Waals surface area (Å²) in [5, 5.41) is 0.486. The standard InChI is InChI=1S/C27H31N3O4/c1-27(2,3)30(17-19-10-6-4-7-11-19)24(31)18-34-26(33)20-13-14-21-22(16-20)28-23-12-8-5-9-15-29(23)25(21)32/h4,6-7,10-11,13-14,16H,5,8-9,12,15,17-18H2,1-3H3. The molecule has 7 nitrogen and oxygen atoms in total. The SMILES string of the molecule is CC(C)(C)N(Cc1ccccc1)C(=O)COC(=O)c1ccc2c(=O)n3c(nc2c1)CCCCC3. The van der Waals surface area contributed by atoms with Crippen LogP contribution in [-0.2, 0) is 29.0 Å². The second kappa shape index (κ2) is 9.79. The summed E-state index contributed by atoms with van der Waals surface area (Å²) in [5.74, 6) is -0.120. The van der Waals surface area contributed by atoms with Crippen molar-refractivity contribution in [1.29, 1.82) is 0 Å². The second-order valence-electron chi connectivity index (χ2n) is 9.74. The predicted octanol–water partition coefficient (Wildman–Crippen LogP) is 4.11. The summed E-state index contributed by atoms with van der Waals surface area (Å²) in [7, 11) is 0. The van der Waals surface area contributed by atoms with Crippen LogP contribution in [0.1, 0.15) is 61.8 Å². The highest BCUT2D eigenvalue weighted by molar-refractivity contribution is 5.95. The van der Waals surface area contributed by atoms with Crippen molar-refractivity contribution in [2.45, 2.75) is 65.1 Å². The van der Waals surface area contributed by atoms with Gasteiger partial charge in [-0.2, -0.15) is 0 Å². The van der Waals surface area contributed by atoms with Crippen molar-refractivity contribution in [2.24, 2.45) is 0 Å². The molecule has 0 spiro atoms. The lowest BCUT2D eigenvalue weighted by molar-refractivity contribution is -0.140. The molecule has 7 heteroatoms.